The molecule has 8 heteroatoms. The van der Waals surface area contributed by atoms with Gasteiger partial charge in [0, 0.05) is 13.1 Å². The summed E-state index contributed by atoms with van der Waals surface area (Å²) in [7, 11) is 0. The molecule has 1 aromatic carbocycles. The van der Waals surface area contributed by atoms with E-state index < -0.39 is 12.6 Å². The Balaban J connectivity index is 1.43. The highest BCUT2D eigenvalue weighted by Crippen LogP contribution is 2.43. The Labute approximate surface area is 136 Å². The number of aromatic nitrogens is 2. The third-order valence-corrected chi connectivity index (χ3v) is 4.55. The third-order valence-electron chi connectivity index (χ3n) is 4.55. The molecule has 1 saturated heterocycles. The number of alkyl halides is 3. The van der Waals surface area contributed by atoms with E-state index in [0.29, 0.717) is 19.7 Å². The largest absolute Gasteiger partial charge is 0.396 e. The summed E-state index contributed by atoms with van der Waals surface area (Å²) in [4.78, 5) is 5.91. The van der Waals surface area contributed by atoms with Crippen LogP contribution >= 0.6 is 0 Å². The Morgan fingerprint density at radius 1 is 1.25 bits per heavy atom. The average molecular weight is 339 g/mol. The first kappa shape index (κ1) is 15.6. The van der Waals surface area contributed by atoms with Crippen molar-refractivity contribution in [2.45, 2.75) is 37.8 Å². The van der Waals surface area contributed by atoms with Crippen LogP contribution in [-0.2, 0) is 29.9 Å². The maximum atomic E-state index is 12.3. The van der Waals surface area contributed by atoms with Crippen molar-refractivity contribution in [2.24, 2.45) is 0 Å². The number of hydrogen-bond donors (Lipinski definition) is 0. The van der Waals surface area contributed by atoms with Crippen LogP contribution in [0.15, 0.2) is 28.8 Å². The average Bonchev–Trinajstić information content (AvgIpc) is 3.21. The monoisotopic (exact) mass is 339 g/mol. The van der Waals surface area contributed by atoms with Crippen molar-refractivity contribution < 1.29 is 22.4 Å². The number of rotatable bonds is 3. The molecule has 1 atom stereocenters. The van der Waals surface area contributed by atoms with Gasteiger partial charge < -0.3 is 9.26 Å². The quantitative estimate of drug-likeness (QED) is 0.861. The van der Waals surface area contributed by atoms with Crippen LogP contribution in [0, 0.1) is 0 Å². The summed E-state index contributed by atoms with van der Waals surface area (Å²) >= 11 is 0. The number of fused-ring (bicyclic) bond motifs is 2. The van der Waals surface area contributed by atoms with Gasteiger partial charge in [0.1, 0.15) is 12.0 Å². The van der Waals surface area contributed by atoms with Crippen LogP contribution in [0.2, 0.25) is 0 Å². The lowest BCUT2D eigenvalue weighted by atomic mass is 9.92. The standard InChI is InChI=1S/C16H16F3N3O2/c17-16(18,19)7-13-20-14(24-21-13)8-22-6-5-15(10-22)12-4-2-1-3-11(12)9-23-15/h1-4H,5-10H2. The maximum Gasteiger partial charge on any atom is 0.396 e. The molecule has 3 heterocycles. The number of nitrogens with zero attached hydrogens (tertiary/aromatic N) is 3. The minimum absolute atomic E-state index is 0.206. The third kappa shape index (κ3) is 2.91. The fourth-order valence-corrected chi connectivity index (χ4v) is 3.51. The van der Waals surface area contributed by atoms with Gasteiger partial charge in [-0.25, -0.2) is 0 Å². The SMILES string of the molecule is FC(F)(F)Cc1noc(CN2CCC3(C2)OCc2ccccc23)n1. The van der Waals surface area contributed by atoms with Crippen molar-refractivity contribution in [3.8, 4) is 0 Å². The van der Waals surface area contributed by atoms with E-state index in [1.807, 2.05) is 12.1 Å². The fourth-order valence-electron chi connectivity index (χ4n) is 3.51. The van der Waals surface area contributed by atoms with Crippen molar-refractivity contribution in [1.29, 1.82) is 0 Å². The zero-order valence-electron chi connectivity index (χ0n) is 12.8. The summed E-state index contributed by atoms with van der Waals surface area (Å²) in [5.74, 6) is -0.119. The molecule has 0 bridgehead atoms. The molecule has 5 nitrogen and oxygen atoms in total. The van der Waals surface area contributed by atoms with Gasteiger partial charge in [0.25, 0.3) is 0 Å². The second kappa shape index (κ2) is 5.56. The van der Waals surface area contributed by atoms with Gasteiger partial charge in [-0.05, 0) is 17.5 Å². The molecule has 24 heavy (non-hydrogen) atoms. The topological polar surface area (TPSA) is 51.4 Å². The minimum Gasteiger partial charge on any atom is -0.364 e. The highest BCUT2D eigenvalue weighted by atomic mass is 19.4. The molecule has 0 aliphatic carbocycles. The molecular formula is C16H16F3N3O2. The summed E-state index contributed by atoms with van der Waals surface area (Å²) in [6.45, 7) is 2.37. The molecule has 0 radical (unpaired) electrons. The summed E-state index contributed by atoms with van der Waals surface area (Å²) in [5, 5.41) is 3.40. The van der Waals surface area contributed by atoms with E-state index in [1.54, 1.807) is 0 Å². The summed E-state index contributed by atoms with van der Waals surface area (Å²) in [6, 6.07) is 8.14. The van der Waals surface area contributed by atoms with Crippen molar-refractivity contribution in [3.05, 3.63) is 47.1 Å². The molecule has 128 valence electrons. The highest BCUT2D eigenvalue weighted by molar-refractivity contribution is 5.36. The van der Waals surface area contributed by atoms with Crippen LogP contribution in [0.5, 0.6) is 0 Å². The lowest BCUT2D eigenvalue weighted by Gasteiger charge is -2.24. The Morgan fingerprint density at radius 3 is 2.92 bits per heavy atom. The van der Waals surface area contributed by atoms with E-state index in [2.05, 4.69) is 27.2 Å². The molecule has 1 fully saturated rings. The summed E-state index contributed by atoms with van der Waals surface area (Å²) in [6.07, 6.45) is -4.66. The molecule has 1 spiro atoms. The number of hydrogen-bond acceptors (Lipinski definition) is 5. The minimum atomic E-state index is -4.33. The van der Waals surface area contributed by atoms with E-state index in [1.165, 1.54) is 11.1 Å². The lowest BCUT2D eigenvalue weighted by Crippen LogP contribution is -2.30. The normalized spacial score (nSPS) is 24.0. The smallest absolute Gasteiger partial charge is 0.364 e. The van der Waals surface area contributed by atoms with Gasteiger partial charge in [-0.3, -0.25) is 4.90 Å². The van der Waals surface area contributed by atoms with Gasteiger partial charge in [0.15, 0.2) is 5.82 Å². The molecule has 1 aromatic heterocycles. The molecule has 4 rings (SSSR count). The van der Waals surface area contributed by atoms with E-state index in [4.69, 9.17) is 9.26 Å². The summed E-state index contributed by atoms with van der Waals surface area (Å²) < 4.78 is 48.0. The van der Waals surface area contributed by atoms with Crippen molar-refractivity contribution >= 4 is 0 Å². The highest BCUT2D eigenvalue weighted by Gasteiger charge is 2.45. The molecule has 0 saturated carbocycles. The number of halogens is 3. The van der Waals surface area contributed by atoms with E-state index in [9.17, 15) is 13.2 Å². The van der Waals surface area contributed by atoms with Gasteiger partial charge >= 0.3 is 6.18 Å². The Hall–Kier alpha value is -1.93. The molecular weight excluding hydrogens is 323 g/mol. The zero-order chi connectivity index (χ0) is 16.8. The Kier molecular flexibility index (Phi) is 3.61. The molecule has 0 N–H and O–H groups in total. The van der Waals surface area contributed by atoms with Gasteiger partial charge in [-0.1, -0.05) is 29.4 Å². The number of likely N-dealkylation sites (tertiary alicyclic amines) is 1. The predicted octanol–water partition coefficient (Wildman–Crippen LogP) is 2.81. The van der Waals surface area contributed by atoms with Gasteiger partial charge in [-0.15, -0.1) is 0 Å². The zero-order valence-corrected chi connectivity index (χ0v) is 12.8. The maximum absolute atomic E-state index is 12.3. The second-order valence-corrected chi connectivity index (χ2v) is 6.30. The Morgan fingerprint density at radius 2 is 2.08 bits per heavy atom. The molecule has 2 aliphatic heterocycles. The fraction of sp³-hybridized carbons (Fsp3) is 0.500. The van der Waals surface area contributed by atoms with Crippen molar-refractivity contribution in [2.75, 3.05) is 13.1 Å². The van der Waals surface area contributed by atoms with Crippen molar-refractivity contribution in [1.82, 2.24) is 15.0 Å². The van der Waals surface area contributed by atoms with Gasteiger partial charge in [0.05, 0.1) is 13.2 Å². The van der Waals surface area contributed by atoms with Crippen LogP contribution in [-0.4, -0.2) is 34.3 Å². The Bertz CT molecular complexity index is 746. The number of ether oxygens (including phenoxy) is 1. The molecule has 1 unspecified atom stereocenters. The van der Waals surface area contributed by atoms with Crippen LogP contribution in [0.3, 0.4) is 0 Å². The first-order valence-electron chi connectivity index (χ1n) is 7.76. The molecule has 0 amide bonds. The first-order valence-corrected chi connectivity index (χ1v) is 7.76. The van der Waals surface area contributed by atoms with E-state index in [-0.39, 0.29) is 17.3 Å². The van der Waals surface area contributed by atoms with E-state index >= 15 is 0 Å². The molecule has 2 aromatic rings. The van der Waals surface area contributed by atoms with Crippen LogP contribution in [0.1, 0.15) is 29.3 Å². The van der Waals surface area contributed by atoms with Crippen LogP contribution < -0.4 is 0 Å². The second-order valence-electron chi connectivity index (χ2n) is 6.30. The van der Waals surface area contributed by atoms with Gasteiger partial charge in [-0.2, -0.15) is 18.2 Å². The number of benzene rings is 1. The van der Waals surface area contributed by atoms with Gasteiger partial charge in [0.2, 0.25) is 5.89 Å². The van der Waals surface area contributed by atoms with Crippen molar-refractivity contribution in [3.63, 3.8) is 0 Å². The summed E-state index contributed by atoms with van der Waals surface area (Å²) in [5.41, 5.74) is 2.08. The lowest BCUT2D eigenvalue weighted by molar-refractivity contribution is -0.128. The molecule has 2 aliphatic rings. The predicted molar refractivity (Wildman–Crippen MR) is 76.9 cm³/mol. The van der Waals surface area contributed by atoms with Crippen LogP contribution in [0.4, 0.5) is 13.2 Å². The van der Waals surface area contributed by atoms with E-state index in [0.717, 1.165) is 13.0 Å². The van der Waals surface area contributed by atoms with Crippen LogP contribution in [0.25, 0.3) is 0 Å². The first-order chi connectivity index (χ1) is 11.4.